The Bertz CT molecular complexity index is 1210. The van der Waals surface area contributed by atoms with E-state index in [4.69, 9.17) is 5.73 Å². The first-order valence-corrected chi connectivity index (χ1v) is 9.83. The minimum absolute atomic E-state index is 0.449. The van der Waals surface area contributed by atoms with E-state index in [0.717, 1.165) is 4.74 Å². The summed E-state index contributed by atoms with van der Waals surface area (Å²) < 4.78 is 312. The molecular formula is C16H6F23N3O3. The van der Waals surface area contributed by atoms with Gasteiger partial charge in [-0.15, -0.1) is 0 Å². The highest BCUT2D eigenvalue weighted by molar-refractivity contribution is 5.25. The summed E-state index contributed by atoms with van der Waals surface area (Å²) in [5.41, 5.74) is 1.00. The van der Waals surface area contributed by atoms with Gasteiger partial charge >= 0.3 is 66.5 Å². The topological polar surface area (TPSA) is 79.5 Å². The van der Waals surface area contributed by atoms with E-state index in [2.05, 4.69) is 9.97 Å². The number of aromatic nitrogens is 2. The largest absolute Gasteiger partial charge is 0.462 e. The van der Waals surface area contributed by atoms with Crippen molar-refractivity contribution < 1.29 is 115 Å². The minimum Gasteiger partial charge on any atom is -0.368 e. The lowest BCUT2D eigenvalue weighted by molar-refractivity contribution is -0.580. The number of halogens is 23. The first kappa shape index (κ1) is 40.2. The first-order chi connectivity index (χ1) is 19.3. The zero-order valence-corrected chi connectivity index (χ0v) is 20.0. The molecule has 0 bridgehead atoms. The highest BCUT2D eigenvalue weighted by Gasteiger charge is 2.88. The molecule has 0 radical (unpaired) electrons. The zero-order valence-electron chi connectivity index (χ0n) is 20.0. The van der Waals surface area contributed by atoms with Crippen molar-refractivity contribution in [3.05, 3.63) is 17.5 Å². The Balaban J connectivity index is 3.96. The molecule has 6 nitrogen and oxygen atoms in total. The van der Waals surface area contributed by atoms with E-state index in [1.54, 1.807) is 0 Å². The molecule has 0 amide bonds. The lowest BCUT2D eigenvalue weighted by Crippen LogP contribution is -2.70. The van der Waals surface area contributed by atoms with E-state index in [1.165, 1.54) is 4.74 Å². The molecule has 0 aliphatic carbocycles. The van der Waals surface area contributed by atoms with Crippen molar-refractivity contribution >= 4 is 5.95 Å². The summed E-state index contributed by atoms with van der Waals surface area (Å²) in [6, 6.07) is -0.449. The molecule has 1 aromatic heterocycles. The lowest BCUT2D eigenvalue weighted by atomic mass is 10.1. The van der Waals surface area contributed by atoms with Crippen LogP contribution in [0.5, 0.6) is 0 Å². The van der Waals surface area contributed by atoms with Crippen molar-refractivity contribution in [2.45, 2.75) is 73.4 Å². The fourth-order valence-electron chi connectivity index (χ4n) is 2.47. The Morgan fingerprint density at radius 3 is 1.16 bits per heavy atom. The van der Waals surface area contributed by atoms with Gasteiger partial charge in [0, 0.05) is 5.69 Å². The van der Waals surface area contributed by atoms with Gasteiger partial charge in [-0.3, -0.25) is 14.2 Å². The number of nitrogens with zero attached hydrogens (tertiary/aromatic N) is 2. The number of nitrogen functional groups attached to an aromatic ring is 1. The van der Waals surface area contributed by atoms with Gasteiger partial charge < -0.3 is 5.73 Å². The number of ether oxygens (including phenoxy) is 3. The lowest BCUT2D eigenvalue weighted by Gasteiger charge is -2.42. The molecule has 3 unspecified atom stereocenters. The first-order valence-electron chi connectivity index (χ1n) is 9.83. The fraction of sp³-hybridized carbons (Fsp3) is 0.750. The van der Waals surface area contributed by atoms with Crippen molar-refractivity contribution in [3.63, 3.8) is 0 Å². The van der Waals surface area contributed by atoms with Crippen molar-refractivity contribution in [1.29, 1.82) is 0 Å². The Kier molecular flexibility index (Phi) is 9.70. The van der Waals surface area contributed by atoms with E-state index >= 15 is 0 Å². The highest BCUT2D eigenvalue weighted by atomic mass is 19.4. The molecule has 1 heterocycles. The molecular weight excluding hydrogens is 719 g/mol. The average molecular weight is 725 g/mol. The summed E-state index contributed by atoms with van der Waals surface area (Å²) in [6.45, 7) is 0.533. The number of nitrogens with two attached hydrogens (primary N) is 1. The monoisotopic (exact) mass is 725 g/mol. The predicted molar refractivity (Wildman–Crippen MR) is 88.9 cm³/mol. The molecule has 0 saturated heterocycles. The molecule has 0 fully saturated rings. The van der Waals surface area contributed by atoms with Crippen LogP contribution in [0.25, 0.3) is 0 Å². The molecule has 0 aliphatic heterocycles. The molecule has 0 aliphatic rings. The van der Waals surface area contributed by atoms with Gasteiger partial charge in [-0.2, -0.15) is 101 Å². The third kappa shape index (κ3) is 6.82. The molecule has 29 heteroatoms. The molecule has 1 aromatic rings. The smallest absolute Gasteiger partial charge is 0.368 e. The zero-order chi connectivity index (χ0) is 36.5. The van der Waals surface area contributed by atoms with Crippen molar-refractivity contribution in [1.82, 2.24) is 9.97 Å². The van der Waals surface area contributed by atoms with Crippen LogP contribution in [0.15, 0.2) is 6.07 Å². The Hall–Kier alpha value is -2.85. The van der Waals surface area contributed by atoms with Gasteiger partial charge in [0.25, 0.3) is 0 Å². The third-order valence-electron chi connectivity index (χ3n) is 4.57. The van der Waals surface area contributed by atoms with Gasteiger partial charge in [0.2, 0.25) is 5.95 Å². The SMILES string of the molecule is Cc1cc(C(F)(OC(F)(F)C(F)(OC(F)(F)C(F)(OC(F)(F)C(F)(F)C(F)(F)F)C(F)(F)F)C(F)(F)F)C(F)(F)F)nc(N)n1. The number of alkyl halides is 23. The summed E-state index contributed by atoms with van der Waals surface area (Å²) in [7, 11) is 0. The number of rotatable bonds is 10. The van der Waals surface area contributed by atoms with E-state index in [0.29, 0.717) is 6.92 Å². The molecule has 3 atom stereocenters. The van der Waals surface area contributed by atoms with Crippen LogP contribution < -0.4 is 5.73 Å². The molecule has 0 saturated carbocycles. The van der Waals surface area contributed by atoms with Gasteiger partial charge in [-0.05, 0) is 13.0 Å². The average Bonchev–Trinajstić information content (AvgIpc) is 2.74. The highest BCUT2D eigenvalue weighted by Crippen LogP contribution is 2.60. The second kappa shape index (κ2) is 10.9. The molecule has 0 aromatic carbocycles. The van der Waals surface area contributed by atoms with Crippen LogP contribution in [0.3, 0.4) is 0 Å². The van der Waals surface area contributed by atoms with Crippen LogP contribution in [0.1, 0.15) is 11.4 Å². The summed E-state index contributed by atoms with van der Waals surface area (Å²) in [6.07, 6.45) is -57.1. The van der Waals surface area contributed by atoms with Crippen molar-refractivity contribution in [2.75, 3.05) is 5.73 Å². The van der Waals surface area contributed by atoms with Crippen LogP contribution in [-0.2, 0) is 20.1 Å². The van der Waals surface area contributed by atoms with Gasteiger partial charge in [-0.25, -0.2) is 9.97 Å². The van der Waals surface area contributed by atoms with Gasteiger partial charge in [0.1, 0.15) is 5.69 Å². The second-order valence-electron chi connectivity index (χ2n) is 7.96. The third-order valence-corrected chi connectivity index (χ3v) is 4.57. The Morgan fingerprint density at radius 2 is 0.844 bits per heavy atom. The Labute approximate surface area is 229 Å². The van der Waals surface area contributed by atoms with E-state index in [-0.39, 0.29) is 0 Å². The maximum atomic E-state index is 14.8. The maximum absolute atomic E-state index is 14.8. The number of anilines is 1. The predicted octanol–water partition coefficient (Wildman–Crippen LogP) is 7.53. The fourth-order valence-corrected chi connectivity index (χ4v) is 2.47. The van der Waals surface area contributed by atoms with E-state index in [9.17, 15) is 101 Å². The van der Waals surface area contributed by atoms with Crippen molar-refractivity contribution in [3.8, 4) is 0 Å². The van der Waals surface area contributed by atoms with E-state index < -0.39 is 89.9 Å². The molecule has 2 N–H and O–H groups in total. The second-order valence-corrected chi connectivity index (χ2v) is 7.96. The van der Waals surface area contributed by atoms with Crippen molar-refractivity contribution in [2.24, 2.45) is 0 Å². The Morgan fingerprint density at radius 1 is 0.489 bits per heavy atom. The standard InChI is InChI=1S/C16H6F23N3O3/c1-3-2-4(42-5(40)41-3)6(17,10(22,23)24)43-15(36,37)8(20,12(28,29)30)45-16(38,39)9(21,13(31,32)33)44-14(34,35)7(18,19)11(25,26)27/h2H,1H3,(H2,40,41,42). The summed E-state index contributed by atoms with van der Waals surface area (Å²) in [5, 5.41) is 0. The van der Waals surface area contributed by atoms with E-state index in [1.807, 2.05) is 4.74 Å². The molecule has 264 valence electrons. The minimum atomic E-state index is -8.71. The number of aryl methyl sites for hydroxylation is 1. The summed E-state index contributed by atoms with van der Waals surface area (Å²) in [5.74, 6) is -33.6. The normalized spacial score (nSPS) is 19.1. The number of hydrogen-bond acceptors (Lipinski definition) is 6. The maximum Gasteiger partial charge on any atom is 0.462 e. The summed E-state index contributed by atoms with van der Waals surface area (Å²) >= 11 is 0. The van der Waals surface area contributed by atoms with Crippen LogP contribution in [0.2, 0.25) is 0 Å². The van der Waals surface area contributed by atoms with Crippen LogP contribution in [0.4, 0.5) is 107 Å². The van der Waals surface area contributed by atoms with Gasteiger partial charge in [0.15, 0.2) is 0 Å². The van der Waals surface area contributed by atoms with Crippen LogP contribution >= 0.6 is 0 Å². The van der Waals surface area contributed by atoms with Gasteiger partial charge in [-0.1, -0.05) is 0 Å². The summed E-state index contributed by atoms with van der Waals surface area (Å²) in [4.78, 5) is 5.21. The number of hydrogen-bond donors (Lipinski definition) is 1. The molecule has 45 heavy (non-hydrogen) atoms. The van der Waals surface area contributed by atoms with Crippen LogP contribution in [0, 0.1) is 6.92 Å². The molecule has 0 spiro atoms. The quantitative estimate of drug-likeness (QED) is 0.252. The molecule has 1 rings (SSSR count). The van der Waals surface area contributed by atoms with Gasteiger partial charge in [0.05, 0.1) is 0 Å². The van der Waals surface area contributed by atoms with Crippen LogP contribution in [-0.4, -0.2) is 70.6 Å².